The average molecular weight is 506 g/mol. The van der Waals surface area contributed by atoms with Crippen LogP contribution in [0.1, 0.15) is 10.6 Å². The van der Waals surface area contributed by atoms with Crippen molar-refractivity contribution in [2.75, 3.05) is 51.0 Å². The predicted octanol–water partition coefficient (Wildman–Crippen LogP) is 2.99. The second-order valence-electron chi connectivity index (χ2n) is 6.68. The van der Waals surface area contributed by atoms with E-state index in [4.69, 9.17) is 24.6 Å². The van der Waals surface area contributed by atoms with Crippen LogP contribution in [-0.4, -0.2) is 56.2 Å². The van der Waals surface area contributed by atoms with Crippen molar-refractivity contribution in [1.82, 2.24) is 9.88 Å². The highest BCUT2D eigenvalue weighted by Crippen LogP contribution is 2.35. The Kier molecular flexibility index (Phi) is 5.39. The van der Waals surface area contributed by atoms with Gasteiger partial charge in [0.2, 0.25) is 0 Å². The summed E-state index contributed by atoms with van der Waals surface area (Å²) in [4.78, 5) is 21.3. The molecule has 0 aliphatic carbocycles. The first-order valence-corrected chi connectivity index (χ1v) is 10.2. The van der Waals surface area contributed by atoms with E-state index in [1.54, 1.807) is 31.3 Å². The van der Waals surface area contributed by atoms with E-state index in [0.29, 0.717) is 52.9 Å². The first kappa shape index (κ1) is 19.6. The van der Waals surface area contributed by atoms with Crippen molar-refractivity contribution in [2.45, 2.75) is 0 Å². The van der Waals surface area contributed by atoms with E-state index in [2.05, 4.69) is 27.5 Å². The lowest BCUT2D eigenvalue weighted by Crippen LogP contribution is -2.49. The molecule has 1 aliphatic heterocycles. The number of nitrogens with zero attached hydrogens (tertiary/aromatic N) is 3. The summed E-state index contributed by atoms with van der Waals surface area (Å²) in [5, 5.41) is 0.813. The van der Waals surface area contributed by atoms with Gasteiger partial charge in [-0.05, 0) is 40.8 Å². The molecule has 0 unspecified atom stereocenters. The fourth-order valence-electron chi connectivity index (χ4n) is 3.45. The number of piperazine rings is 1. The summed E-state index contributed by atoms with van der Waals surface area (Å²) in [7, 11) is 3.18. The fourth-order valence-corrected chi connectivity index (χ4v) is 3.87. The molecule has 1 aromatic carbocycles. The van der Waals surface area contributed by atoms with Crippen LogP contribution in [0.25, 0.3) is 10.9 Å². The number of furan rings is 1. The molecule has 8 nitrogen and oxygen atoms in total. The molecule has 2 N–H and O–H groups in total. The number of anilines is 2. The number of ether oxygens (including phenoxy) is 2. The number of halogens is 1. The third-order valence-corrected chi connectivity index (χ3v) is 5.59. The molecule has 1 fully saturated rings. The van der Waals surface area contributed by atoms with Gasteiger partial charge in [-0.15, -0.1) is 0 Å². The number of rotatable bonds is 4. The number of hydrogen-bond donors (Lipinski definition) is 1. The Morgan fingerprint density at radius 3 is 2.41 bits per heavy atom. The van der Waals surface area contributed by atoms with Crippen LogP contribution in [0, 0.1) is 3.77 Å². The molecule has 29 heavy (non-hydrogen) atoms. The van der Waals surface area contributed by atoms with Crippen molar-refractivity contribution >= 4 is 50.9 Å². The smallest absolute Gasteiger partial charge is 0.289 e. The van der Waals surface area contributed by atoms with E-state index in [-0.39, 0.29) is 5.91 Å². The molecular weight excluding hydrogens is 485 g/mol. The topological polar surface area (TPSA) is 94.1 Å². The molecule has 3 aromatic rings. The summed E-state index contributed by atoms with van der Waals surface area (Å²) >= 11 is 2.05. The van der Waals surface area contributed by atoms with Crippen LogP contribution in [0.3, 0.4) is 0 Å². The minimum absolute atomic E-state index is 0.0876. The van der Waals surface area contributed by atoms with Gasteiger partial charge in [0.05, 0.1) is 19.7 Å². The lowest BCUT2D eigenvalue weighted by molar-refractivity contribution is 0.0713. The molecule has 0 saturated carbocycles. The lowest BCUT2D eigenvalue weighted by atomic mass is 10.1. The second kappa shape index (κ2) is 7.97. The van der Waals surface area contributed by atoms with Gasteiger partial charge in [-0.1, -0.05) is 0 Å². The fraction of sp³-hybridized carbons (Fsp3) is 0.300. The summed E-state index contributed by atoms with van der Waals surface area (Å²) in [5.74, 6) is 2.28. The molecule has 0 spiro atoms. The number of carbonyl (C=O) groups excluding carboxylic acids is 1. The lowest BCUT2D eigenvalue weighted by Gasteiger charge is -2.35. The maximum absolute atomic E-state index is 12.6. The predicted molar refractivity (Wildman–Crippen MR) is 119 cm³/mol. The Morgan fingerprint density at radius 1 is 1.10 bits per heavy atom. The molecule has 3 heterocycles. The van der Waals surface area contributed by atoms with Crippen LogP contribution in [0.2, 0.25) is 0 Å². The molecule has 1 saturated heterocycles. The summed E-state index contributed by atoms with van der Waals surface area (Å²) in [5.41, 5.74) is 7.65. The van der Waals surface area contributed by atoms with E-state index in [1.165, 1.54) is 0 Å². The highest BCUT2D eigenvalue weighted by molar-refractivity contribution is 14.1. The Balaban J connectivity index is 1.54. The number of nitrogen functional groups attached to an aromatic ring is 1. The third-order valence-electron chi connectivity index (χ3n) is 5.01. The van der Waals surface area contributed by atoms with Gasteiger partial charge >= 0.3 is 0 Å². The van der Waals surface area contributed by atoms with Crippen molar-refractivity contribution in [2.24, 2.45) is 0 Å². The van der Waals surface area contributed by atoms with Crippen molar-refractivity contribution in [1.29, 1.82) is 0 Å². The molecule has 152 valence electrons. The van der Waals surface area contributed by atoms with E-state index in [0.717, 1.165) is 16.7 Å². The van der Waals surface area contributed by atoms with Crippen LogP contribution in [0.15, 0.2) is 34.7 Å². The second-order valence-corrected chi connectivity index (χ2v) is 7.74. The van der Waals surface area contributed by atoms with Gasteiger partial charge in [0, 0.05) is 49.4 Å². The SMILES string of the molecule is COc1cc2nc(N3CCN(C(=O)c4ccc([125I])o4)CC3)cc(N)c2cc1OC. The van der Waals surface area contributed by atoms with Crippen LogP contribution in [0.4, 0.5) is 11.5 Å². The number of amides is 1. The number of hydrogen-bond acceptors (Lipinski definition) is 7. The van der Waals surface area contributed by atoms with Crippen molar-refractivity contribution in [3.05, 3.63) is 39.9 Å². The maximum atomic E-state index is 12.6. The van der Waals surface area contributed by atoms with Gasteiger partial charge in [0.25, 0.3) is 5.91 Å². The molecular formula is C20H21IN4O4. The third kappa shape index (κ3) is 3.78. The zero-order valence-corrected chi connectivity index (χ0v) is 18.3. The Morgan fingerprint density at radius 2 is 1.79 bits per heavy atom. The molecule has 9 heteroatoms. The van der Waals surface area contributed by atoms with Crippen LogP contribution >= 0.6 is 22.6 Å². The zero-order valence-electron chi connectivity index (χ0n) is 16.1. The maximum Gasteiger partial charge on any atom is 0.289 e. The molecule has 0 radical (unpaired) electrons. The summed E-state index contributed by atoms with van der Waals surface area (Å²) in [6, 6.07) is 9.02. The van der Waals surface area contributed by atoms with E-state index < -0.39 is 0 Å². The standard InChI is InChI=1S/C20H21IN4O4/c1-27-16-9-12-13(22)10-19(23-14(12)11-17(16)28-2)24-5-7-25(8-6-24)20(26)15-3-4-18(21)29-15/h3-4,9-11H,5-8H2,1-2H3,(H2,22,23)/i21-2. The molecule has 0 bridgehead atoms. The quantitative estimate of drug-likeness (QED) is 0.544. The number of aromatic nitrogens is 1. The zero-order chi connectivity index (χ0) is 20.5. The van der Waals surface area contributed by atoms with Crippen LogP contribution in [-0.2, 0) is 0 Å². The summed E-state index contributed by atoms with van der Waals surface area (Å²) in [6.45, 7) is 2.49. The Bertz CT molecular complexity index is 1060. The van der Waals surface area contributed by atoms with Crippen molar-refractivity contribution < 1.29 is 18.7 Å². The largest absolute Gasteiger partial charge is 0.493 e. The van der Waals surface area contributed by atoms with E-state index in [9.17, 15) is 4.79 Å². The van der Waals surface area contributed by atoms with Gasteiger partial charge in [-0.25, -0.2) is 4.98 Å². The normalized spacial score (nSPS) is 14.3. The van der Waals surface area contributed by atoms with Crippen LogP contribution in [0.5, 0.6) is 11.5 Å². The molecule has 1 amide bonds. The van der Waals surface area contributed by atoms with Gasteiger partial charge in [0.1, 0.15) is 5.82 Å². The minimum atomic E-state index is -0.0876. The Hall–Kier alpha value is -2.69. The first-order chi connectivity index (χ1) is 14.0. The van der Waals surface area contributed by atoms with Gasteiger partial charge in [0.15, 0.2) is 21.0 Å². The van der Waals surface area contributed by atoms with Crippen LogP contribution < -0.4 is 20.1 Å². The number of benzene rings is 1. The van der Waals surface area contributed by atoms with Gasteiger partial charge in [-0.3, -0.25) is 4.79 Å². The van der Waals surface area contributed by atoms with E-state index in [1.807, 2.05) is 18.2 Å². The monoisotopic (exact) mass is 506 g/mol. The van der Waals surface area contributed by atoms with Crippen molar-refractivity contribution in [3.8, 4) is 11.5 Å². The highest BCUT2D eigenvalue weighted by atomic mass is 125. The Labute approximate surface area is 181 Å². The minimum Gasteiger partial charge on any atom is -0.493 e. The van der Waals surface area contributed by atoms with Crippen molar-refractivity contribution in [3.63, 3.8) is 0 Å². The van der Waals surface area contributed by atoms with E-state index >= 15 is 0 Å². The number of methoxy groups -OCH3 is 2. The number of nitrogens with two attached hydrogens (primary N) is 1. The summed E-state index contributed by atoms with van der Waals surface area (Å²) < 4.78 is 16.9. The number of pyridine rings is 1. The van der Waals surface area contributed by atoms with Gasteiger partial charge in [-0.2, -0.15) is 0 Å². The number of carbonyl (C=O) groups is 1. The average Bonchev–Trinajstić information content (AvgIpc) is 3.18. The number of fused-ring (bicyclic) bond motifs is 1. The molecule has 1 aliphatic rings. The van der Waals surface area contributed by atoms with Gasteiger partial charge < -0.3 is 29.4 Å². The summed E-state index contributed by atoms with van der Waals surface area (Å²) in [6.07, 6.45) is 0. The highest BCUT2D eigenvalue weighted by Gasteiger charge is 2.25. The molecule has 2 aromatic heterocycles. The molecule has 0 atom stereocenters. The first-order valence-electron chi connectivity index (χ1n) is 9.12. The molecule has 4 rings (SSSR count).